The first kappa shape index (κ1) is 24.2. The van der Waals surface area contributed by atoms with Gasteiger partial charge in [0.15, 0.2) is 0 Å². The number of carbonyl (C=O) groups excluding carboxylic acids is 2. The van der Waals surface area contributed by atoms with Gasteiger partial charge in [-0.3, -0.25) is 28.9 Å². The maximum absolute atomic E-state index is 13.2. The van der Waals surface area contributed by atoms with Crippen molar-refractivity contribution in [2.24, 2.45) is 0 Å². The van der Waals surface area contributed by atoms with E-state index in [0.29, 0.717) is 11.5 Å². The van der Waals surface area contributed by atoms with E-state index in [4.69, 9.17) is 0 Å². The van der Waals surface area contributed by atoms with Crippen LogP contribution in [0.5, 0.6) is 0 Å². The van der Waals surface area contributed by atoms with Gasteiger partial charge in [0.05, 0.1) is 27.2 Å². The molecule has 0 saturated carbocycles. The monoisotopic (exact) mass is 542 g/mol. The van der Waals surface area contributed by atoms with Crippen LogP contribution in [-0.2, 0) is 14.9 Å². The van der Waals surface area contributed by atoms with Crippen molar-refractivity contribution >= 4 is 55.9 Å². The minimum absolute atomic E-state index is 0.0159. The molecule has 2 N–H and O–H groups in total. The molecule has 2 aromatic heterocycles. The molecule has 2 aromatic carbocycles. The largest absolute Gasteiger partial charge is 0.294 e. The molecule has 1 aliphatic rings. The number of amides is 2. The van der Waals surface area contributed by atoms with E-state index in [2.05, 4.69) is 10.4 Å². The van der Waals surface area contributed by atoms with Crippen LogP contribution in [0.2, 0.25) is 0 Å². The molecule has 1 fully saturated rings. The van der Waals surface area contributed by atoms with Gasteiger partial charge in [-0.25, -0.2) is 9.99 Å². The Labute approximate surface area is 213 Å². The third kappa shape index (κ3) is 4.41. The van der Waals surface area contributed by atoms with E-state index >= 15 is 0 Å². The van der Waals surface area contributed by atoms with Gasteiger partial charge >= 0.3 is 0 Å². The summed E-state index contributed by atoms with van der Waals surface area (Å²) in [5, 5.41) is 2.97. The lowest BCUT2D eigenvalue weighted by atomic mass is 10.2. The normalized spacial score (nSPS) is 16.0. The van der Waals surface area contributed by atoms with Crippen molar-refractivity contribution in [3.63, 3.8) is 0 Å². The smallest absolute Gasteiger partial charge is 0.282 e. The van der Waals surface area contributed by atoms with Crippen molar-refractivity contribution in [2.75, 3.05) is 5.75 Å². The highest BCUT2D eigenvalue weighted by Crippen LogP contribution is 2.39. The lowest BCUT2D eigenvalue weighted by Crippen LogP contribution is -2.44. The number of rotatable bonds is 5. The highest BCUT2D eigenvalue weighted by molar-refractivity contribution is 8.00. The number of benzene rings is 2. The second-order valence-electron chi connectivity index (χ2n) is 7.88. The summed E-state index contributed by atoms with van der Waals surface area (Å²) in [5.41, 5.74) is 3.12. The van der Waals surface area contributed by atoms with Crippen LogP contribution in [0.1, 0.15) is 26.4 Å². The topological polar surface area (TPSA) is 139 Å². The SMILES string of the molecule is Cc1nc2ccc(S(=O)(=O)O)cc2c(=O)n1-c1ccc(C(=O)NN2C(=O)CSC2c2cccs2)cc1. The van der Waals surface area contributed by atoms with E-state index in [1.807, 2.05) is 17.5 Å². The quantitative estimate of drug-likeness (QED) is 0.367. The minimum Gasteiger partial charge on any atom is -0.282 e. The molecule has 1 aliphatic heterocycles. The van der Waals surface area contributed by atoms with Crippen LogP contribution >= 0.6 is 23.1 Å². The van der Waals surface area contributed by atoms with Gasteiger partial charge in [0.1, 0.15) is 11.2 Å². The summed E-state index contributed by atoms with van der Waals surface area (Å²) < 4.78 is 33.6. The molecule has 1 unspecified atom stereocenters. The lowest BCUT2D eigenvalue weighted by molar-refractivity contribution is -0.130. The molecular weight excluding hydrogens is 524 g/mol. The van der Waals surface area contributed by atoms with Crippen molar-refractivity contribution in [2.45, 2.75) is 17.2 Å². The summed E-state index contributed by atoms with van der Waals surface area (Å²) in [6, 6.07) is 13.5. The van der Waals surface area contributed by atoms with Crippen LogP contribution in [0.4, 0.5) is 0 Å². The fourth-order valence-electron chi connectivity index (χ4n) is 3.86. The number of nitrogens with zero attached hydrogens (tertiary/aromatic N) is 3. The van der Waals surface area contributed by atoms with Crippen molar-refractivity contribution < 1.29 is 22.6 Å². The van der Waals surface area contributed by atoms with E-state index in [-0.39, 0.29) is 33.5 Å². The maximum Gasteiger partial charge on any atom is 0.294 e. The first-order valence-corrected chi connectivity index (χ1v) is 13.9. The number of hydrazine groups is 1. The van der Waals surface area contributed by atoms with Gasteiger partial charge in [-0.15, -0.1) is 23.1 Å². The van der Waals surface area contributed by atoms with Crippen LogP contribution in [-0.4, -0.2) is 45.1 Å². The summed E-state index contributed by atoms with van der Waals surface area (Å²) in [4.78, 5) is 43.3. The Kier molecular flexibility index (Phi) is 6.16. The number of thiophene rings is 1. The first-order valence-electron chi connectivity index (χ1n) is 10.5. The number of aromatic nitrogens is 2. The molecule has 36 heavy (non-hydrogen) atoms. The molecule has 1 saturated heterocycles. The Morgan fingerprint density at radius 1 is 1.14 bits per heavy atom. The second kappa shape index (κ2) is 9.17. The predicted molar refractivity (Wildman–Crippen MR) is 136 cm³/mol. The molecule has 10 nitrogen and oxygen atoms in total. The maximum atomic E-state index is 13.2. The van der Waals surface area contributed by atoms with Crippen molar-refractivity contribution in [1.82, 2.24) is 20.0 Å². The van der Waals surface area contributed by atoms with E-state index in [1.54, 1.807) is 19.1 Å². The molecule has 13 heteroatoms. The Morgan fingerprint density at radius 2 is 1.89 bits per heavy atom. The summed E-state index contributed by atoms with van der Waals surface area (Å²) in [6.07, 6.45) is 0. The molecular formula is C23H18N4O6S3. The zero-order valence-corrected chi connectivity index (χ0v) is 21.1. The van der Waals surface area contributed by atoms with E-state index < -0.39 is 26.5 Å². The van der Waals surface area contributed by atoms with Gasteiger partial charge in [0.25, 0.3) is 27.5 Å². The molecule has 0 bridgehead atoms. The zero-order chi connectivity index (χ0) is 25.6. The number of fused-ring (bicyclic) bond motifs is 1. The molecule has 0 spiro atoms. The lowest BCUT2D eigenvalue weighted by Gasteiger charge is -2.23. The summed E-state index contributed by atoms with van der Waals surface area (Å²) in [7, 11) is -4.50. The average Bonchev–Trinajstić information content (AvgIpc) is 3.49. The number of aryl methyl sites for hydroxylation is 1. The fourth-order valence-corrected chi connectivity index (χ4v) is 6.44. The van der Waals surface area contributed by atoms with Gasteiger partial charge < -0.3 is 0 Å². The first-order chi connectivity index (χ1) is 17.1. The van der Waals surface area contributed by atoms with Gasteiger partial charge in [0, 0.05) is 10.4 Å². The van der Waals surface area contributed by atoms with Gasteiger partial charge in [-0.05, 0) is 60.8 Å². The van der Waals surface area contributed by atoms with Crippen LogP contribution in [0.3, 0.4) is 0 Å². The van der Waals surface area contributed by atoms with E-state index in [0.717, 1.165) is 10.9 Å². The average molecular weight is 543 g/mol. The van der Waals surface area contributed by atoms with Crippen LogP contribution in [0, 0.1) is 6.92 Å². The predicted octanol–water partition coefficient (Wildman–Crippen LogP) is 2.92. The van der Waals surface area contributed by atoms with Crippen molar-refractivity contribution in [1.29, 1.82) is 0 Å². The molecule has 5 rings (SSSR count). The minimum atomic E-state index is -4.50. The number of thioether (sulfide) groups is 1. The molecule has 2 amide bonds. The van der Waals surface area contributed by atoms with Gasteiger partial charge in [-0.1, -0.05) is 6.07 Å². The standard InChI is InChI=1S/C23H18N4O6S3/c1-13-24-18-9-8-16(36(31,32)33)11-17(18)22(30)26(13)15-6-4-14(5-7-15)21(29)25-27-20(28)12-35-23(27)19-3-2-10-34-19/h2-11,23H,12H2,1H3,(H,25,29)(H,31,32,33). The Morgan fingerprint density at radius 3 is 2.56 bits per heavy atom. The van der Waals surface area contributed by atoms with E-state index in [1.165, 1.54) is 56.9 Å². The van der Waals surface area contributed by atoms with Gasteiger partial charge in [-0.2, -0.15) is 8.42 Å². The number of hydrogen-bond donors (Lipinski definition) is 2. The molecule has 0 aliphatic carbocycles. The highest BCUT2D eigenvalue weighted by Gasteiger charge is 2.35. The van der Waals surface area contributed by atoms with Crippen LogP contribution in [0.15, 0.2) is 69.7 Å². The third-order valence-electron chi connectivity index (χ3n) is 5.57. The molecule has 4 aromatic rings. The number of carbonyl (C=O) groups is 2. The van der Waals surface area contributed by atoms with Crippen LogP contribution in [0.25, 0.3) is 16.6 Å². The molecule has 184 valence electrons. The van der Waals surface area contributed by atoms with Gasteiger partial charge in [0.2, 0.25) is 0 Å². The molecule has 0 radical (unpaired) electrons. The number of nitrogens with one attached hydrogen (secondary N) is 1. The van der Waals surface area contributed by atoms with E-state index in [9.17, 15) is 27.4 Å². The van der Waals surface area contributed by atoms with Crippen molar-refractivity contribution in [3.05, 3.63) is 86.6 Å². The summed E-state index contributed by atoms with van der Waals surface area (Å²) in [6.45, 7) is 1.62. The van der Waals surface area contributed by atoms with Crippen molar-refractivity contribution in [3.8, 4) is 5.69 Å². The Hall–Kier alpha value is -3.52. The summed E-state index contributed by atoms with van der Waals surface area (Å²) >= 11 is 2.94. The highest BCUT2D eigenvalue weighted by atomic mass is 32.2. The summed E-state index contributed by atoms with van der Waals surface area (Å²) in [5.74, 6) is -0.0598. The third-order valence-corrected chi connectivity index (χ3v) is 8.69. The second-order valence-corrected chi connectivity index (χ2v) is 11.4. The number of hydrogen-bond acceptors (Lipinski definition) is 8. The Balaban J connectivity index is 1.44. The Bertz CT molecular complexity index is 1660. The van der Waals surface area contributed by atoms with Crippen LogP contribution < -0.4 is 11.0 Å². The molecule has 1 atom stereocenters. The zero-order valence-electron chi connectivity index (χ0n) is 18.6. The fraction of sp³-hybridized carbons (Fsp3) is 0.130. The molecule has 3 heterocycles.